The van der Waals surface area contributed by atoms with Crippen molar-refractivity contribution in [2.45, 2.75) is 27.4 Å². The molecule has 8 nitrogen and oxygen atoms in total. The molecular weight excluding hydrogens is 470 g/mol. The van der Waals surface area contributed by atoms with Crippen LogP contribution in [0.4, 0.5) is 5.00 Å². The van der Waals surface area contributed by atoms with Gasteiger partial charge in [0, 0.05) is 0 Å². The summed E-state index contributed by atoms with van der Waals surface area (Å²) < 4.78 is 21.3. The summed E-state index contributed by atoms with van der Waals surface area (Å²) in [6.07, 6.45) is 0. The Balaban J connectivity index is 1.78. The summed E-state index contributed by atoms with van der Waals surface area (Å²) >= 11 is 7.01. The van der Waals surface area contributed by atoms with Gasteiger partial charge in [0.1, 0.15) is 28.0 Å². The van der Waals surface area contributed by atoms with Crippen molar-refractivity contribution in [2.24, 2.45) is 0 Å². The molecule has 1 N–H and O–H groups in total. The second-order valence-corrected chi connectivity index (χ2v) is 8.07. The number of hydrogen-bond donors (Lipinski definition) is 1. The number of benzene rings is 1. The van der Waals surface area contributed by atoms with Crippen molar-refractivity contribution in [1.82, 2.24) is 0 Å². The summed E-state index contributed by atoms with van der Waals surface area (Å²) in [6, 6.07) is 10.1. The minimum atomic E-state index is -0.648. The summed E-state index contributed by atoms with van der Waals surface area (Å²) in [5.74, 6) is -0.928. The Hall–Kier alpha value is -3.30. The Bertz CT molecular complexity index is 1170. The number of rotatable bonds is 9. The number of anilines is 1. The molecule has 1 aromatic carbocycles. The highest BCUT2D eigenvalue weighted by atomic mass is 35.5. The fourth-order valence-electron chi connectivity index (χ4n) is 2.89. The SMILES string of the molecule is CCOC(=O)c1sc(NC(=O)c2ccc(COc3ccccc3Cl)o2)c(C(=O)OCC)c1C. The molecule has 0 aliphatic rings. The molecule has 0 spiro atoms. The fraction of sp³-hybridized carbons (Fsp3) is 0.261. The molecule has 0 radical (unpaired) electrons. The van der Waals surface area contributed by atoms with Crippen LogP contribution in [0.2, 0.25) is 5.02 Å². The maximum absolute atomic E-state index is 12.8. The van der Waals surface area contributed by atoms with Gasteiger partial charge < -0.3 is 23.9 Å². The smallest absolute Gasteiger partial charge is 0.348 e. The molecule has 33 heavy (non-hydrogen) atoms. The number of para-hydroxylation sites is 1. The van der Waals surface area contributed by atoms with Crippen molar-refractivity contribution in [2.75, 3.05) is 18.5 Å². The van der Waals surface area contributed by atoms with Gasteiger partial charge in [-0.1, -0.05) is 23.7 Å². The minimum Gasteiger partial charge on any atom is -0.484 e. The van der Waals surface area contributed by atoms with Crippen molar-refractivity contribution in [3.63, 3.8) is 0 Å². The number of amides is 1. The van der Waals surface area contributed by atoms with Crippen LogP contribution in [0, 0.1) is 6.92 Å². The van der Waals surface area contributed by atoms with Gasteiger partial charge in [-0.05, 0) is 50.6 Å². The van der Waals surface area contributed by atoms with Crippen LogP contribution in [0.25, 0.3) is 0 Å². The molecule has 0 aliphatic carbocycles. The lowest BCUT2D eigenvalue weighted by Crippen LogP contribution is -2.14. The number of nitrogens with one attached hydrogen (secondary N) is 1. The molecule has 2 heterocycles. The lowest BCUT2D eigenvalue weighted by atomic mass is 10.1. The second-order valence-electron chi connectivity index (χ2n) is 6.64. The standard InChI is InChI=1S/C23H22ClNO7S/c1-4-29-22(27)18-13(3)19(23(28)30-5-2)33-21(18)25-20(26)17-11-10-14(32-17)12-31-16-9-7-6-8-15(16)24/h6-11H,4-5,12H2,1-3H3,(H,25,26). The van der Waals surface area contributed by atoms with Crippen LogP contribution in [0.5, 0.6) is 5.75 Å². The number of ether oxygens (including phenoxy) is 3. The van der Waals surface area contributed by atoms with E-state index in [1.807, 2.05) is 0 Å². The molecule has 3 aromatic rings. The maximum atomic E-state index is 12.8. The molecule has 0 saturated carbocycles. The average Bonchev–Trinajstić information content (AvgIpc) is 3.38. The molecule has 0 atom stereocenters. The highest BCUT2D eigenvalue weighted by molar-refractivity contribution is 7.18. The molecule has 0 saturated heterocycles. The lowest BCUT2D eigenvalue weighted by molar-refractivity contribution is 0.0527. The van der Waals surface area contributed by atoms with E-state index in [1.54, 1.807) is 51.1 Å². The Morgan fingerprint density at radius 3 is 2.42 bits per heavy atom. The third-order valence-electron chi connectivity index (χ3n) is 4.41. The fourth-order valence-corrected chi connectivity index (χ4v) is 4.17. The van der Waals surface area contributed by atoms with Gasteiger partial charge in [0.15, 0.2) is 5.76 Å². The first-order chi connectivity index (χ1) is 15.8. The van der Waals surface area contributed by atoms with E-state index < -0.39 is 17.8 Å². The normalized spacial score (nSPS) is 10.5. The molecule has 1 amide bonds. The van der Waals surface area contributed by atoms with Gasteiger partial charge in [-0.2, -0.15) is 0 Å². The highest BCUT2D eigenvalue weighted by Gasteiger charge is 2.28. The van der Waals surface area contributed by atoms with Gasteiger partial charge in [0.05, 0.1) is 23.8 Å². The maximum Gasteiger partial charge on any atom is 0.348 e. The van der Waals surface area contributed by atoms with Crippen molar-refractivity contribution in [3.05, 3.63) is 68.9 Å². The van der Waals surface area contributed by atoms with Gasteiger partial charge in [-0.15, -0.1) is 11.3 Å². The molecule has 0 aliphatic heterocycles. The van der Waals surface area contributed by atoms with Crippen LogP contribution >= 0.6 is 22.9 Å². The van der Waals surface area contributed by atoms with Crippen molar-refractivity contribution in [1.29, 1.82) is 0 Å². The highest BCUT2D eigenvalue weighted by Crippen LogP contribution is 2.35. The Morgan fingerprint density at radius 2 is 1.73 bits per heavy atom. The lowest BCUT2D eigenvalue weighted by Gasteiger charge is -2.06. The first-order valence-electron chi connectivity index (χ1n) is 10.1. The van der Waals surface area contributed by atoms with Crippen LogP contribution in [-0.4, -0.2) is 31.1 Å². The van der Waals surface area contributed by atoms with Crippen LogP contribution < -0.4 is 10.1 Å². The van der Waals surface area contributed by atoms with Crippen LogP contribution in [0.15, 0.2) is 40.8 Å². The van der Waals surface area contributed by atoms with Gasteiger partial charge in [0.25, 0.3) is 5.91 Å². The number of halogens is 1. The van der Waals surface area contributed by atoms with E-state index in [4.69, 9.17) is 30.2 Å². The van der Waals surface area contributed by atoms with E-state index in [2.05, 4.69) is 5.32 Å². The Morgan fingerprint density at radius 1 is 1.03 bits per heavy atom. The predicted octanol–water partition coefficient (Wildman–Crippen LogP) is 5.49. The zero-order valence-corrected chi connectivity index (χ0v) is 19.8. The van der Waals surface area contributed by atoms with E-state index in [1.165, 1.54) is 6.07 Å². The first kappa shape index (κ1) is 24.3. The van der Waals surface area contributed by atoms with E-state index in [0.29, 0.717) is 22.1 Å². The van der Waals surface area contributed by atoms with Gasteiger partial charge in [-0.25, -0.2) is 9.59 Å². The van der Waals surface area contributed by atoms with Crippen molar-refractivity contribution in [3.8, 4) is 5.75 Å². The van der Waals surface area contributed by atoms with E-state index in [-0.39, 0.29) is 41.0 Å². The van der Waals surface area contributed by atoms with Gasteiger partial charge in [0.2, 0.25) is 0 Å². The molecule has 3 rings (SSSR count). The Kier molecular flexibility index (Phi) is 8.13. The number of thiophene rings is 1. The third-order valence-corrected chi connectivity index (χ3v) is 5.91. The number of esters is 2. The molecule has 174 valence electrons. The molecular formula is C23H22ClNO7S. The quantitative estimate of drug-likeness (QED) is 0.395. The first-order valence-corrected chi connectivity index (χ1v) is 11.3. The van der Waals surface area contributed by atoms with Gasteiger partial charge >= 0.3 is 11.9 Å². The molecule has 0 fully saturated rings. The number of furan rings is 1. The van der Waals surface area contributed by atoms with E-state index >= 15 is 0 Å². The van der Waals surface area contributed by atoms with Crippen LogP contribution in [-0.2, 0) is 16.1 Å². The number of carbonyl (C=O) groups is 3. The Labute approximate surface area is 199 Å². The molecule has 0 bridgehead atoms. The van der Waals surface area contributed by atoms with Crippen molar-refractivity contribution >= 4 is 45.8 Å². The summed E-state index contributed by atoms with van der Waals surface area (Å²) in [5, 5.41) is 3.26. The van der Waals surface area contributed by atoms with Crippen LogP contribution in [0.3, 0.4) is 0 Å². The summed E-state index contributed by atoms with van der Waals surface area (Å²) in [6.45, 7) is 5.33. The zero-order valence-electron chi connectivity index (χ0n) is 18.2. The van der Waals surface area contributed by atoms with Gasteiger partial charge in [-0.3, -0.25) is 4.79 Å². The monoisotopic (exact) mass is 491 g/mol. The zero-order chi connectivity index (χ0) is 24.0. The summed E-state index contributed by atoms with van der Waals surface area (Å²) in [5.41, 5.74) is 0.479. The predicted molar refractivity (Wildman–Crippen MR) is 123 cm³/mol. The molecule has 10 heteroatoms. The van der Waals surface area contributed by atoms with E-state index in [9.17, 15) is 14.4 Å². The number of carbonyl (C=O) groups excluding carboxylic acids is 3. The molecule has 2 aromatic heterocycles. The average molecular weight is 492 g/mol. The molecule has 0 unspecified atom stereocenters. The van der Waals surface area contributed by atoms with Crippen LogP contribution in [0.1, 0.15) is 55.8 Å². The largest absolute Gasteiger partial charge is 0.484 e. The topological polar surface area (TPSA) is 104 Å². The van der Waals surface area contributed by atoms with Crippen molar-refractivity contribution < 1.29 is 33.0 Å². The summed E-state index contributed by atoms with van der Waals surface area (Å²) in [7, 11) is 0. The summed E-state index contributed by atoms with van der Waals surface area (Å²) in [4.78, 5) is 37.7. The second kappa shape index (κ2) is 11.0. The van der Waals surface area contributed by atoms with E-state index in [0.717, 1.165) is 11.3 Å². The number of hydrogen-bond acceptors (Lipinski definition) is 8. The minimum absolute atomic E-state index is 0.00584. The third kappa shape index (κ3) is 5.74.